The summed E-state index contributed by atoms with van der Waals surface area (Å²) in [6.45, 7) is 6.66. The van der Waals surface area contributed by atoms with Gasteiger partial charge in [0, 0.05) is 12.8 Å². The van der Waals surface area contributed by atoms with Crippen molar-refractivity contribution in [1.82, 2.24) is 15.5 Å². The lowest BCUT2D eigenvalue weighted by Crippen LogP contribution is -2.29. The molecule has 4 heteroatoms. The molecule has 1 aromatic heterocycles. The molecule has 96 valence electrons. The van der Waals surface area contributed by atoms with E-state index in [1.54, 1.807) is 0 Å². The van der Waals surface area contributed by atoms with Crippen LogP contribution < -0.4 is 5.32 Å². The zero-order valence-electron chi connectivity index (χ0n) is 10.9. The highest BCUT2D eigenvalue weighted by Gasteiger charge is 2.15. The molecule has 1 saturated heterocycles. The zero-order chi connectivity index (χ0) is 12.1. The topological polar surface area (TPSA) is 51.0 Å². The molecule has 1 aliphatic rings. The second kappa shape index (κ2) is 6.15. The molecule has 0 radical (unpaired) electrons. The van der Waals surface area contributed by atoms with Gasteiger partial charge in [-0.15, -0.1) is 0 Å². The average molecular weight is 237 g/mol. The molecule has 1 aromatic rings. The van der Waals surface area contributed by atoms with Crippen LogP contribution in [0.1, 0.15) is 44.8 Å². The first-order valence-corrected chi connectivity index (χ1v) is 6.76. The molecule has 2 rings (SSSR count). The minimum absolute atomic E-state index is 0.586. The standard InChI is InChI=1S/C13H23N3O/c1-10(2)8-12-15-13(17-16-12)6-5-11-4-3-7-14-9-11/h10-11,14H,3-9H2,1-2H3. The number of hydrogen-bond donors (Lipinski definition) is 1. The van der Waals surface area contributed by atoms with Crippen molar-refractivity contribution in [3.8, 4) is 0 Å². The van der Waals surface area contributed by atoms with Crippen LogP contribution in [0, 0.1) is 11.8 Å². The summed E-state index contributed by atoms with van der Waals surface area (Å²) >= 11 is 0. The van der Waals surface area contributed by atoms with E-state index < -0.39 is 0 Å². The second-order valence-electron chi connectivity index (χ2n) is 5.45. The lowest BCUT2D eigenvalue weighted by molar-refractivity contribution is 0.325. The molecule has 0 bridgehead atoms. The smallest absolute Gasteiger partial charge is 0.226 e. The molecule has 0 aromatic carbocycles. The molecule has 1 aliphatic heterocycles. The van der Waals surface area contributed by atoms with Crippen molar-refractivity contribution in [3.05, 3.63) is 11.7 Å². The van der Waals surface area contributed by atoms with E-state index in [4.69, 9.17) is 4.52 Å². The van der Waals surface area contributed by atoms with Gasteiger partial charge in [-0.3, -0.25) is 0 Å². The van der Waals surface area contributed by atoms with Gasteiger partial charge in [-0.2, -0.15) is 4.98 Å². The molecule has 0 spiro atoms. The predicted octanol–water partition coefficient (Wildman–Crippen LogP) is 2.20. The Morgan fingerprint density at radius 1 is 1.47 bits per heavy atom. The maximum Gasteiger partial charge on any atom is 0.226 e. The third kappa shape index (κ3) is 4.11. The zero-order valence-corrected chi connectivity index (χ0v) is 10.9. The summed E-state index contributed by atoms with van der Waals surface area (Å²) in [5.41, 5.74) is 0. The van der Waals surface area contributed by atoms with Gasteiger partial charge in [0.05, 0.1) is 0 Å². The van der Waals surface area contributed by atoms with Gasteiger partial charge in [0.25, 0.3) is 0 Å². The van der Waals surface area contributed by atoms with Crippen molar-refractivity contribution in [2.45, 2.75) is 46.0 Å². The first kappa shape index (κ1) is 12.6. The molecule has 1 N–H and O–H groups in total. The molecule has 0 aliphatic carbocycles. The summed E-state index contributed by atoms with van der Waals surface area (Å²) in [6, 6.07) is 0. The summed E-state index contributed by atoms with van der Waals surface area (Å²) < 4.78 is 5.28. The number of rotatable bonds is 5. The van der Waals surface area contributed by atoms with Crippen molar-refractivity contribution in [2.75, 3.05) is 13.1 Å². The second-order valence-corrected chi connectivity index (χ2v) is 5.45. The Kier molecular flexibility index (Phi) is 4.54. The van der Waals surface area contributed by atoms with Gasteiger partial charge in [0.1, 0.15) is 0 Å². The summed E-state index contributed by atoms with van der Waals surface area (Å²) in [5, 5.41) is 7.45. The predicted molar refractivity (Wildman–Crippen MR) is 66.8 cm³/mol. The summed E-state index contributed by atoms with van der Waals surface area (Å²) in [7, 11) is 0. The molecule has 0 saturated carbocycles. The molecule has 1 fully saturated rings. The fourth-order valence-electron chi connectivity index (χ4n) is 2.34. The summed E-state index contributed by atoms with van der Waals surface area (Å²) in [6.07, 6.45) is 5.63. The minimum atomic E-state index is 0.586. The Hall–Kier alpha value is -0.900. The van der Waals surface area contributed by atoms with Gasteiger partial charge in [-0.1, -0.05) is 19.0 Å². The van der Waals surface area contributed by atoms with Crippen LogP contribution in [0.25, 0.3) is 0 Å². The van der Waals surface area contributed by atoms with Crippen LogP contribution in [-0.4, -0.2) is 23.2 Å². The van der Waals surface area contributed by atoms with Crippen molar-refractivity contribution < 1.29 is 4.52 Å². The van der Waals surface area contributed by atoms with E-state index in [-0.39, 0.29) is 0 Å². The van der Waals surface area contributed by atoms with E-state index in [1.165, 1.54) is 19.4 Å². The average Bonchev–Trinajstić information content (AvgIpc) is 2.75. The number of aryl methyl sites for hydroxylation is 1. The third-order valence-electron chi connectivity index (χ3n) is 3.27. The van der Waals surface area contributed by atoms with Gasteiger partial charge >= 0.3 is 0 Å². The van der Waals surface area contributed by atoms with Gasteiger partial charge in [-0.25, -0.2) is 0 Å². The van der Waals surface area contributed by atoms with Crippen LogP contribution in [0.15, 0.2) is 4.52 Å². The van der Waals surface area contributed by atoms with E-state index in [1.807, 2.05) is 0 Å². The highest BCUT2D eigenvalue weighted by molar-refractivity contribution is 4.88. The van der Waals surface area contributed by atoms with Gasteiger partial charge < -0.3 is 9.84 Å². The fourth-order valence-corrected chi connectivity index (χ4v) is 2.34. The van der Waals surface area contributed by atoms with Crippen LogP contribution >= 0.6 is 0 Å². The number of piperidine rings is 1. The molecule has 2 heterocycles. The van der Waals surface area contributed by atoms with E-state index in [0.29, 0.717) is 5.92 Å². The van der Waals surface area contributed by atoms with E-state index in [2.05, 4.69) is 29.3 Å². The van der Waals surface area contributed by atoms with Crippen molar-refractivity contribution in [2.24, 2.45) is 11.8 Å². The first-order valence-electron chi connectivity index (χ1n) is 6.76. The monoisotopic (exact) mass is 237 g/mol. The van der Waals surface area contributed by atoms with Crippen molar-refractivity contribution in [1.29, 1.82) is 0 Å². The Balaban J connectivity index is 1.76. The quantitative estimate of drug-likeness (QED) is 0.853. The van der Waals surface area contributed by atoms with E-state index in [9.17, 15) is 0 Å². The molecule has 1 unspecified atom stereocenters. The van der Waals surface area contributed by atoms with Crippen LogP contribution in [0.4, 0.5) is 0 Å². The number of aromatic nitrogens is 2. The Morgan fingerprint density at radius 3 is 3.06 bits per heavy atom. The Labute approximate surface area is 103 Å². The maximum absolute atomic E-state index is 5.28. The number of nitrogens with one attached hydrogen (secondary N) is 1. The van der Waals surface area contributed by atoms with Crippen LogP contribution in [0.3, 0.4) is 0 Å². The van der Waals surface area contributed by atoms with Crippen LogP contribution in [-0.2, 0) is 12.8 Å². The van der Waals surface area contributed by atoms with Gasteiger partial charge in [0.15, 0.2) is 5.82 Å². The fraction of sp³-hybridized carbons (Fsp3) is 0.846. The van der Waals surface area contributed by atoms with Crippen molar-refractivity contribution in [3.63, 3.8) is 0 Å². The molecule has 4 nitrogen and oxygen atoms in total. The van der Waals surface area contributed by atoms with Crippen molar-refractivity contribution >= 4 is 0 Å². The van der Waals surface area contributed by atoms with Crippen LogP contribution in [0.2, 0.25) is 0 Å². The first-order chi connectivity index (χ1) is 8.24. The largest absolute Gasteiger partial charge is 0.339 e. The van der Waals surface area contributed by atoms with E-state index in [0.717, 1.165) is 43.4 Å². The maximum atomic E-state index is 5.28. The summed E-state index contributed by atoms with van der Waals surface area (Å²) in [5.74, 6) is 3.04. The SMILES string of the molecule is CC(C)Cc1noc(CCC2CCCNC2)n1. The Morgan fingerprint density at radius 2 is 2.35 bits per heavy atom. The lowest BCUT2D eigenvalue weighted by atomic mass is 9.95. The third-order valence-corrected chi connectivity index (χ3v) is 3.27. The molecule has 0 amide bonds. The van der Waals surface area contributed by atoms with Gasteiger partial charge in [-0.05, 0) is 44.2 Å². The lowest BCUT2D eigenvalue weighted by Gasteiger charge is -2.21. The number of nitrogens with zero attached hydrogens (tertiary/aromatic N) is 2. The minimum Gasteiger partial charge on any atom is -0.339 e. The normalized spacial score (nSPS) is 21.0. The number of hydrogen-bond acceptors (Lipinski definition) is 4. The molecular formula is C13H23N3O. The molecule has 1 atom stereocenters. The highest BCUT2D eigenvalue weighted by Crippen LogP contribution is 2.16. The Bertz CT molecular complexity index is 329. The van der Waals surface area contributed by atoms with Crippen LogP contribution in [0.5, 0.6) is 0 Å². The highest BCUT2D eigenvalue weighted by atomic mass is 16.5. The molecule has 17 heavy (non-hydrogen) atoms. The molecular weight excluding hydrogens is 214 g/mol. The van der Waals surface area contributed by atoms with Gasteiger partial charge in [0.2, 0.25) is 5.89 Å². The summed E-state index contributed by atoms with van der Waals surface area (Å²) in [4.78, 5) is 4.44. The van der Waals surface area contributed by atoms with E-state index >= 15 is 0 Å².